The molecule has 0 unspecified atom stereocenters. The first-order chi connectivity index (χ1) is 13.8. The molecular weight excluding hydrogens is 388 g/mol. The van der Waals surface area contributed by atoms with Gasteiger partial charge in [0.05, 0.1) is 31.7 Å². The summed E-state index contributed by atoms with van der Waals surface area (Å²) in [6, 6.07) is 10.8. The van der Waals surface area contributed by atoms with E-state index in [-0.39, 0.29) is 24.2 Å². The van der Waals surface area contributed by atoms with Gasteiger partial charge in [-0.2, -0.15) is 13.2 Å². The fourth-order valence-electron chi connectivity index (χ4n) is 3.50. The Morgan fingerprint density at radius 3 is 2.45 bits per heavy atom. The number of hydrogen-bond donors (Lipinski definition) is 2. The van der Waals surface area contributed by atoms with Gasteiger partial charge in [-0.3, -0.25) is 4.79 Å². The molecule has 4 nitrogen and oxygen atoms in total. The van der Waals surface area contributed by atoms with Gasteiger partial charge in [0, 0.05) is 5.56 Å². The molecule has 0 bridgehead atoms. The zero-order valence-electron chi connectivity index (χ0n) is 15.8. The third kappa shape index (κ3) is 6.01. The number of carbonyl (C=O) groups excluding carboxylic acids is 1. The van der Waals surface area contributed by atoms with Crippen LogP contribution in [0.4, 0.5) is 17.6 Å². The van der Waals surface area contributed by atoms with Gasteiger partial charge in [0.25, 0.3) is 0 Å². The van der Waals surface area contributed by atoms with Crippen LogP contribution in [0.15, 0.2) is 48.5 Å². The quantitative estimate of drug-likeness (QED) is 0.716. The maximum Gasteiger partial charge on any atom is 0.416 e. The molecule has 0 saturated carbocycles. The molecule has 0 spiro atoms. The van der Waals surface area contributed by atoms with E-state index in [1.54, 1.807) is 12.1 Å². The molecule has 2 aromatic rings. The number of hydrogen-bond acceptors (Lipinski definition) is 2. The normalized spacial score (nSPS) is 16.4. The predicted octanol–water partition coefficient (Wildman–Crippen LogP) is 2.16. The van der Waals surface area contributed by atoms with E-state index < -0.39 is 11.7 Å². The lowest BCUT2D eigenvalue weighted by molar-refractivity contribution is -0.937. The van der Waals surface area contributed by atoms with E-state index in [2.05, 4.69) is 5.32 Å². The fourth-order valence-corrected chi connectivity index (χ4v) is 3.50. The average Bonchev–Trinajstić information content (AvgIpc) is 2.70. The number of rotatable bonds is 6. The van der Waals surface area contributed by atoms with Crippen molar-refractivity contribution in [1.29, 1.82) is 0 Å². The number of halogens is 4. The Morgan fingerprint density at radius 2 is 1.79 bits per heavy atom. The Labute approximate surface area is 166 Å². The molecule has 0 aromatic heterocycles. The van der Waals surface area contributed by atoms with Gasteiger partial charge in [-0.05, 0) is 23.8 Å². The monoisotopic (exact) mass is 411 g/mol. The van der Waals surface area contributed by atoms with Crippen molar-refractivity contribution in [3.8, 4) is 0 Å². The van der Waals surface area contributed by atoms with Gasteiger partial charge in [0.15, 0.2) is 0 Å². The zero-order chi connectivity index (χ0) is 20.9. The summed E-state index contributed by atoms with van der Waals surface area (Å²) in [6.45, 7) is 3.02. The molecule has 1 aliphatic rings. The standard InChI is InChI=1S/C21H22F4N2O2/c22-18-6-4-16(5-7-18)19(27-8-10-29-11-9-27)14-26-20(28)13-15-2-1-3-17(12-15)21(23,24)25/h1-7,12,19H,8-11,13-14H2,(H,26,28)/p+1/t19-/m1/s1. The number of ether oxygens (including phenoxy) is 1. The van der Waals surface area contributed by atoms with Gasteiger partial charge in [0.2, 0.25) is 5.91 Å². The second-order valence-electron chi connectivity index (χ2n) is 7.05. The number of quaternary nitrogens is 1. The molecule has 8 heteroatoms. The van der Waals surface area contributed by atoms with Crippen LogP contribution in [0.1, 0.15) is 22.7 Å². The molecule has 0 aliphatic carbocycles. The highest BCUT2D eigenvalue weighted by molar-refractivity contribution is 5.78. The van der Waals surface area contributed by atoms with Crippen molar-refractivity contribution in [1.82, 2.24) is 5.32 Å². The largest absolute Gasteiger partial charge is 0.416 e. The molecule has 2 N–H and O–H groups in total. The van der Waals surface area contributed by atoms with Crippen LogP contribution in [0.5, 0.6) is 0 Å². The second kappa shape index (κ2) is 9.37. The summed E-state index contributed by atoms with van der Waals surface area (Å²) in [5.74, 6) is -0.692. The first kappa shape index (κ1) is 21.3. The van der Waals surface area contributed by atoms with Crippen molar-refractivity contribution in [3.63, 3.8) is 0 Å². The molecule has 156 valence electrons. The van der Waals surface area contributed by atoms with Crippen LogP contribution in [-0.2, 0) is 22.1 Å². The summed E-state index contributed by atoms with van der Waals surface area (Å²) in [7, 11) is 0. The summed E-state index contributed by atoms with van der Waals surface area (Å²) in [4.78, 5) is 13.6. The van der Waals surface area contributed by atoms with Crippen LogP contribution in [-0.4, -0.2) is 38.8 Å². The molecule has 1 heterocycles. The summed E-state index contributed by atoms with van der Waals surface area (Å²) < 4.78 is 57.2. The molecule has 1 amide bonds. The number of carbonyl (C=O) groups is 1. The third-order valence-corrected chi connectivity index (χ3v) is 5.02. The van der Waals surface area contributed by atoms with Crippen LogP contribution in [0.3, 0.4) is 0 Å². The van der Waals surface area contributed by atoms with E-state index in [9.17, 15) is 22.4 Å². The van der Waals surface area contributed by atoms with Crippen LogP contribution in [0.25, 0.3) is 0 Å². The molecule has 1 fully saturated rings. The molecule has 1 atom stereocenters. The van der Waals surface area contributed by atoms with Gasteiger partial charge < -0.3 is 15.0 Å². The highest BCUT2D eigenvalue weighted by atomic mass is 19.4. The molecule has 1 saturated heterocycles. The average molecular weight is 411 g/mol. The third-order valence-electron chi connectivity index (χ3n) is 5.02. The Bertz CT molecular complexity index is 818. The van der Waals surface area contributed by atoms with Crippen LogP contribution in [0, 0.1) is 5.82 Å². The van der Waals surface area contributed by atoms with Crippen molar-refractivity contribution in [3.05, 3.63) is 71.0 Å². The van der Waals surface area contributed by atoms with Crippen molar-refractivity contribution in [2.75, 3.05) is 32.8 Å². The molecule has 1 aliphatic heterocycles. The van der Waals surface area contributed by atoms with Crippen molar-refractivity contribution < 1.29 is 32.0 Å². The highest BCUT2D eigenvalue weighted by Gasteiger charge is 2.30. The number of morpholine rings is 1. The van der Waals surface area contributed by atoms with E-state index in [1.165, 1.54) is 29.2 Å². The van der Waals surface area contributed by atoms with Gasteiger partial charge in [-0.25, -0.2) is 4.39 Å². The fraction of sp³-hybridized carbons (Fsp3) is 0.381. The minimum Gasteiger partial charge on any atom is -0.370 e. The van der Waals surface area contributed by atoms with Crippen molar-refractivity contribution in [2.45, 2.75) is 18.6 Å². The van der Waals surface area contributed by atoms with Gasteiger partial charge in [-0.1, -0.05) is 30.3 Å². The minimum absolute atomic E-state index is 0.0926. The van der Waals surface area contributed by atoms with E-state index in [1.807, 2.05) is 0 Å². The van der Waals surface area contributed by atoms with Gasteiger partial charge in [-0.15, -0.1) is 0 Å². The molecule has 2 aromatic carbocycles. The van der Waals surface area contributed by atoms with E-state index in [0.29, 0.717) is 25.3 Å². The number of nitrogens with one attached hydrogen (secondary N) is 2. The van der Waals surface area contributed by atoms with Gasteiger partial charge >= 0.3 is 6.18 Å². The maximum atomic E-state index is 13.3. The zero-order valence-corrected chi connectivity index (χ0v) is 15.8. The lowest BCUT2D eigenvalue weighted by Gasteiger charge is -2.32. The number of amides is 1. The lowest BCUT2D eigenvalue weighted by atomic mass is 10.0. The summed E-state index contributed by atoms with van der Waals surface area (Å²) in [5.41, 5.74) is 0.418. The summed E-state index contributed by atoms with van der Waals surface area (Å²) in [5, 5.41) is 2.82. The SMILES string of the molecule is O=C(Cc1cccc(C(F)(F)F)c1)NC[C@H](c1ccc(F)cc1)[NH+]1CCOCC1. The van der Waals surface area contributed by atoms with Crippen LogP contribution in [0.2, 0.25) is 0 Å². The topological polar surface area (TPSA) is 42.8 Å². The van der Waals surface area contributed by atoms with Crippen LogP contribution < -0.4 is 10.2 Å². The minimum atomic E-state index is -4.44. The highest BCUT2D eigenvalue weighted by Crippen LogP contribution is 2.29. The Kier molecular flexibility index (Phi) is 6.87. The predicted molar refractivity (Wildman–Crippen MR) is 98.8 cm³/mol. The van der Waals surface area contributed by atoms with E-state index in [4.69, 9.17) is 4.74 Å². The van der Waals surface area contributed by atoms with E-state index >= 15 is 0 Å². The van der Waals surface area contributed by atoms with Crippen molar-refractivity contribution in [2.24, 2.45) is 0 Å². The first-order valence-electron chi connectivity index (χ1n) is 9.43. The van der Waals surface area contributed by atoms with Crippen molar-refractivity contribution >= 4 is 5.91 Å². The molecule has 0 radical (unpaired) electrons. The number of benzene rings is 2. The summed E-state index contributed by atoms with van der Waals surface area (Å²) in [6.07, 6.45) is -4.58. The van der Waals surface area contributed by atoms with E-state index in [0.717, 1.165) is 30.8 Å². The number of alkyl halides is 3. The van der Waals surface area contributed by atoms with Crippen LogP contribution >= 0.6 is 0 Å². The lowest BCUT2D eigenvalue weighted by Crippen LogP contribution is -3.15. The molecular formula is C21H23F4N2O2+. The first-order valence-corrected chi connectivity index (χ1v) is 9.43. The Hall–Kier alpha value is -2.45. The Morgan fingerprint density at radius 1 is 1.10 bits per heavy atom. The smallest absolute Gasteiger partial charge is 0.370 e. The maximum absolute atomic E-state index is 13.3. The molecule has 29 heavy (non-hydrogen) atoms. The Balaban J connectivity index is 1.65. The second-order valence-corrected chi connectivity index (χ2v) is 7.05. The molecule has 3 rings (SSSR count). The summed E-state index contributed by atoms with van der Waals surface area (Å²) >= 11 is 0. The van der Waals surface area contributed by atoms with Gasteiger partial charge in [0.1, 0.15) is 24.9 Å².